The van der Waals surface area contributed by atoms with Gasteiger partial charge in [-0.15, -0.1) is 0 Å². The third-order valence-electron chi connectivity index (χ3n) is 4.10. The van der Waals surface area contributed by atoms with Crippen molar-refractivity contribution in [2.24, 2.45) is 12.1 Å². The van der Waals surface area contributed by atoms with Crippen molar-refractivity contribution in [3.05, 3.63) is 70.1 Å². The number of benzene rings is 2. The lowest BCUT2D eigenvalue weighted by atomic mass is 10.1. The van der Waals surface area contributed by atoms with E-state index >= 15 is 0 Å². The maximum atomic E-state index is 12.6. The molecule has 0 aliphatic heterocycles. The zero-order chi connectivity index (χ0) is 20.3. The van der Waals surface area contributed by atoms with E-state index in [0.717, 1.165) is 10.2 Å². The third kappa shape index (κ3) is 3.96. The summed E-state index contributed by atoms with van der Waals surface area (Å²) in [5.74, 6) is -0.697. The van der Waals surface area contributed by atoms with Crippen molar-refractivity contribution in [2.45, 2.75) is 13.8 Å². The van der Waals surface area contributed by atoms with Gasteiger partial charge in [0, 0.05) is 25.0 Å². The van der Waals surface area contributed by atoms with Gasteiger partial charge in [-0.3, -0.25) is 14.4 Å². The van der Waals surface area contributed by atoms with E-state index in [9.17, 15) is 14.4 Å². The van der Waals surface area contributed by atoms with E-state index in [0.29, 0.717) is 22.2 Å². The van der Waals surface area contributed by atoms with Crippen molar-refractivity contribution in [3.63, 3.8) is 0 Å². The van der Waals surface area contributed by atoms with Gasteiger partial charge in [0.05, 0.1) is 11.1 Å². The maximum Gasteiger partial charge on any atom is 0.292 e. The molecule has 0 radical (unpaired) electrons. The average Bonchev–Trinajstić information content (AvgIpc) is 2.68. The van der Waals surface area contributed by atoms with Crippen LogP contribution in [0.3, 0.4) is 0 Å². The van der Waals surface area contributed by atoms with E-state index in [-0.39, 0.29) is 17.2 Å². The number of fused-ring (bicyclic) bond motifs is 1. The smallest absolute Gasteiger partial charge is 0.292 e. The number of anilines is 1. The van der Waals surface area contributed by atoms with Gasteiger partial charge in [0.2, 0.25) is 5.91 Å². The van der Waals surface area contributed by atoms with Crippen LogP contribution in [-0.2, 0) is 11.8 Å². The Morgan fingerprint density at radius 3 is 2.46 bits per heavy atom. The Morgan fingerprint density at radius 2 is 1.75 bits per heavy atom. The Bertz CT molecular complexity index is 1160. The van der Waals surface area contributed by atoms with E-state index in [2.05, 4.69) is 20.9 Å². The highest BCUT2D eigenvalue weighted by atomic mass is 16.2. The second-order valence-electron chi connectivity index (χ2n) is 6.22. The van der Waals surface area contributed by atoms with Crippen LogP contribution in [0.1, 0.15) is 29.9 Å². The molecule has 1 heterocycles. The lowest BCUT2D eigenvalue weighted by Crippen LogP contribution is -2.27. The quantitative estimate of drug-likeness (QED) is 0.536. The fraction of sp³-hybridized carbons (Fsp3) is 0.150. The number of carbonyl (C=O) groups is 2. The molecule has 2 amide bonds. The number of aryl methyl sites for hydroxylation is 1. The molecule has 3 rings (SSSR count). The molecule has 0 atom stereocenters. The molecule has 8 heteroatoms. The lowest BCUT2D eigenvalue weighted by molar-refractivity contribution is -0.114. The molecule has 0 unspecified atom stereocenters. The topological polar surface area (TPSA) is 105 Å². The Balaban J connectivity index is 1.88. The number of hydrogen-bond donors (Lipinski definition) is 2. The van der Waals surface area contributed by atoms with E-state index in [4.69, 9.17) is 0 Å². The molecule has 142 valence electrons. The summed E-state index contributed by atoms with van der Waals surface area (Å²) >= 11 is 0. The predicted molar refractivity (Wildman–Crippen MR) is 107 cm³/mol. The second-order valence-corrected chi connectivity index (χ2v) is 6.22. The molecule has 0 bridgehead atoms. The molecule has 0 saturated heterocycles. The van der Waals surface area contributed by atoms with Crippen LogP contribution >= 0.6 is 0 Å². The molecule has 1 aromatic heterocycles. The highest BCUT2D eigenvalue weighted by Gasteiger charge is 2.15. The van der Waals surface area contributed by atoms with Gasteiger partial charge >= 0.3 is 0 Å². The first-order valence-electron chi connectivity index (χ1n) is 8.55. The minimum absolute atomic E-state index is 0.112. The average molecular weight is 377 g/mol. The molecule has 2 aromatic carbocycles. The van der Waals surface area contributed by atoms with Crippen LogP contribution in [0.25, 0.3) is 10.8 Å². The minimum Gasteiger partial charge on any atom is -0.326 e. The van der Waals surface area contributed by atoms with Crippen molar-refractivity contribution in [2.75, 3.05) is 5.32 Å². The standard InChI is InChI=1S/C20H19N5O3/c1-12(14-7-6-8-15(11-14)21-13(2)26)22-23-19(27)18-16-9-4-5-10-17(16)20(28)25(3)24-18/h4-11H,1-3H3,(H,21,26)(H,23,27)/b22-12-. The van der Waals surface area contributed by atoms with Crippen molar-refractivity contribution >= 4 is 34.0 Å². The fourth-order valence-electron chi connectivity index (χ4n) is 2.74. The highest BCUT2D eigenvalue weighted by Crippen LogP contribution is 2.14. The van der Waals surface area contributed by atoms with E-state index in [1.165, 1.54) is 14.0 Å². The molecule has 0 spiro atoms. The molecule has 3 aromatic rings. The Kier molecular flexibility index (Phi) is 5.30. The van der Waals surface area contributed by atoms with E-state index in [1.54, 1.807) is 49.4 Å². The molecule has 28 heavy (non-hydrogen) atoms. The molecule has 0 saturated carbocycles. The Labute approximate surface area is 160 Å². The molecular weight excluding hydrogens is 358 g/mol. The third-order valence-corrected chi connectivity index (χ3v) is 4.10. The molecule has 0 aliphatic carbocycles. The lowest BCUT2D eigenvalue weighted by Gasteiger charge is -2.08. The van der Waals surface area contributed by atoms with Crippen LogP contribution in [0.15, 0.2) is 58.4 Å². The summed E-state index contributed by atoms with van der Waals surface area (Å²) in [4.78, 5) is 36.0. The summed E-state index contributed by atoms with van der Waals surface area (Å²) in [6.45, 7) is 3.16. The van der Waals surface area contributed by atoms with Crippen molar-refractivity contribution in [1.29, 1.82) is 0 Å². The van der Waals surface area contributed by atoms with Gasteiger partial charge in [0.25, 0.3) is 11.5 Å². The van der Waals surface area contributed by atoms with Gasteiger partial charge in [-0.1, -0.05) is 30.3 Å². The SMILES string of the molecule is CC(=O)Nc1cccc(/C(C)=N\NC(=O)c2nn(C)c(=O)c3ccccc23)c1. The molecule has 8 nitrogen and oxygen atoms in total. The van der Waals surface area contributed by atoms with Crippen molar-refractivity contribution in [3.8, 4) is 0 Å². The first kappa shape index (κ1) is 19.0. The van der Waals surface area contributed by atoms with Crippen LogP contribution in [0.2, 0.25) is 0 Å². The van der Waals surface area contributed by atoms with Crippen LogP contribution in [0.4, 0.5) is 5.69 Å². The number of nitrogens with one attached hydrogen (secondary N) is 2. The van der Waals surface area contributed by atoms with Gasteiger partial charge in [-0.05, 0) is 30.7 Å². The van der Waals surface area contributed by atoms with Crippen molar-refractivity contribution < 1.29 is 9.59 Å². The van der Waals surface area contributed by atoms with Crippen LogP contribution < -0.4 is 16.3 Å². The fourth-order valence-corrected chi connectivity index (χ4v) is 2.74. The number of carbonyl (C=O) groups excluding carboxylic acids is 2. The maximum absolute atomic E-state index is 12.6. The van der Waals surface area contributed by atoms with Gasteiger partial charge < -0.3 is 5.32 Å². The summed E-state index contributed by atoms with van der Waals surface area (Å²) in [5.41, 5.74) is 4.24. The zero-order valence-corrected chi connectivity index (χ0v) is 15.7. The summed E-state index contributed by atoms with van der Waals surface area (Å²) in [6, 6.07) is 13.9. The monoisotopic (exact) mass is 377 g/mol. The largest absolute Gasteiger partial charge is 0.326 e. The number of rotatable bonds is 4. The minimum atomic E-state index is -0.524. The Hall–Kier alpha value is -3.81. The highest BCUT2D eigenvalue weighted by molar-refractivity contribution is 6.06. The summed E-state index contributed by atoms with van der Waals surface area (Å²) in [7, 11) is 1.49. The number of hydrazone groups is 1. The second kappa shape index (κ2) is 7.83. The van der Waals surface area contributed by atoms with Crippen molar-refractivity contribution in [1.82, 2.24) is 15.2 Å². The first-order chi connectivity index (χ1) is 13.4. The van der Waals surface area contributed by atoms with Crippen LogP contribution in [0.5, 0.6) is 0 Å². The molecule has 2 N–H and O–H groups in total. The van der Waals surface area contributed by atoms with Crippen LogP contribution in [0, 0.1) is 0 Å². The summed E-state index contributed by atoms with van der Waals surface area (Å²) < 4.78 is 1.13. The number of amides is 2. The number of aromatic nitrogens is 2. The van der Waals surface area contributed by atoms with Gasteiger partial charge in [-0.25, -0.2) is 10.1 Å². The van der Waals surface area contributed by atoms with E-state index < -0.39 is 5.91 Å². The molecular formula is C20H19N5O3. The van der Waals surface area contributed by atoms with E-state index in [1.807, 2.05) is 6.07 Å². The summed E-state index contributed by atoms with van der Waals surface area (Å²) in [5, 5.41) is 11.8. The number of nitrogens with zero attached hydrogens (tertiary/aromatic N) is 3. The zero-order valence-electron chi connectivity index (χ0n) is 15.7. The first-order valence-corrected chi connectivity index (χ1v) is 8.55. The van der Waals surface area contributed by atoms with Gasteiger partial charge in [-0.2, -0.15) is 10.2 Å². The molecule has 0 fully saturated rings. The Morgan fingerprint density at radius 1 is 1.04 bits per heavy atom. The van der Waals surface area contributed by atoms with Gasteiger partial charge in [0.15, 0.2) is 5.69 Å². The van der Waals surface area contributed by atoms with Gasteiger partial charge in [0.1, 0.15) is 0 Å². The summed E-state index contributed by atoms with van der Waals surface area (Å²) in [6.07, 6.45) is 0. The number of hydrogen-bond acceptors (Lipinski definition) is 5. The normalized spacial score (nSPS) is 11.3. The molecule has 0 aliphatic rings. The van der Waals surface area contributed by atoms with Crippen LogP contribution in [-0.4, -0.2) is 27.3 Å². The predicted octanol–water partition coefficient (Wildman–Crippen LogP) is 2.05.